The van der Waals surface area contributed by atoms with Crippen molar-refractivity contribution in [3.8, 4) is 5.75 Å². The summed E-state index contributed by atoms with van der Waals surface area (Å²) < 4.78 is 13.1. The molecular formula is C15H25FN2O. The Balaban J connectivity index is 2.47. The standard InChI is InChI=1S/C15H25FN2O/c1-11(2)5-14(18(3)4)10-17-9-12-6-13(16)8-15(19)7-12/h6-8,11,14,17,19H,5,9-10H2,1-4H3. The third-order valence-corrected chi connectivity index (χ3v) is 3.13. The summed E-state index contributed by atoms with van der Waals surface area (Å²) in [6.07, 6.45) is 1.12. The summed E-state index contributed by atoms with van der Waals surface area (Å²) in [6.45, 7) is 5.83. The molecule has 0 aliphatic heterocycles. The molecule has 0 amide bonds. The normalized spacial score (nSPS) is 13.2. The molecule has 2 N–H and O–H groups in total. The van der Waals surface area contributed by atoms with Crippen LogP contribution in [0.1, 0.15) is 25.8 Å². The summed E-state index contributed by atoms with van der Waals surface area (Å²) in [5.74, 6) is 0.221. The molecule has 108 valence electrons. The molecule has 1 rings (SSSR count). The van der Waals surface area contributed by atoms with Crippen LogP contribution in [0.3, 0.4) is 0 Å². The maximum Gasteiger partial charge on any atom is 0.127 e. The lowest BCUT2D eigenvalue weighted by Gasteiger charge is -2.26. The van der Waals surface area contributed by atoms with Gasteiger partial charge in [-0.15, -0.1) is 0 Å². The highest BCUT2D eigenvalue weighted by Gasteiger charge is 2.12. The number of hydrogen-bond donors (Lipinski definition) is 2. The van der Waals surface area contributed by atoms with Crippen molar-refractivity contribution in [2.75, 3.05) is 20.6 Å². The van der Waals surface area contributed by atoms with E-state index in [-0.39, 0.29) is 5.75 Å². The summed E-state index contributed by atoms with van der Waals surface area (Å²) in [5.41, 5.74) is 0.763. The SMILES string of the molecule is CC(C)CC(CNCc1cc(O)cc(F)c1)N(C)C. The molecule has 1 unspecified atom stereocenters. The Morgan fingerprint density at radius 2 is 1.95 bits per heavy atom. The van der Waals surface area contributed by atoms with Crippen LogP contribution >= 0.6 is 0 Å². The van der Waals surface area contributed by atoms with Crippen molar-refractivity contribution < 1.29 is 9.50 Å². The zero-order valence-electron chi connectivity index (χ0n) is 12.3. The van der Waals surface area contributed by atoms with E-state index in [1.165, 1.54) is 6.07 Å². The average molecular weight is 268 g/mol. The van der Waals surface area contributed by atoms with Gasteiger partial charge in [0.2, 0.25) is 0 Å². The van der Waals surface area contributed by atoms with Gasteiger partial charge in [-0.05, 0) is 44.1 Å². The van der Waals surface area contributed by atoms with Crippen molar-refractivity contribution in [1.82, 2.24) is 10.2 Å². The van der Waals surface area contributed by atoms with E-state index in [0.717, 1.165) is 24.6 Å². The zero-order valence-corrected chi connectivity index (χ0v) is 12.3. The fourth-order valence-corrected chi connectivity index (χ4v) is 2.14. The van der Waals surface area contributed by atoms with E-state index >= 15 is 0 Å². The number of hydrogen-bond acceptors (Lipinski definition) is 3. The van der Waals surface area contributed by atoms with Crippen molar-refractivity contribution in [2.45, 2.75) is 32.9 Å². The molecule has 0 spiro atoms. The van der Waals surface area contributed by atoms with Crippen LogP contribution in [0.2, 0.25) is 0 Å². The Morgan fingerprint density at radius 1 is 1.26 bits per heavy atom. The first-order chi connectivity index (χ1) is 8.88. The molecular weight excluding hydrogens is 243 g/mol. The minimum atomic E-state index is -0.400. The minimum Gasteiger partial charge on any atom is -0.508 e. The van der Waals surface area contributed by atoms with Gasteiger partial charge in [-0.3, -0.25) is 0 Å². The molecule has 0 saturated carbocycles. The summed E-state index contributed by atoms with van der Waals surface area (Å²) in [4.78, 5) is 2.20. The van der Waals surface area contributed by atoms with E-state index in [1.807, 2.05) is 0 Å². The lowest BCUT2D eigenvalue weighted by Crippen LogP contribution is -2.38. The number of halogens is 1. The van der Waals surface area contributed by atoms with Gasteiger partial charge in [-0.1, -0.05) is 13.8 Å². The lowest BCUT2D eigenvalue weighted by molar-refractivity contribution is 0.246. The van der Waals surface area contributed by atoms with Crippen LogP contribution in [-0.4, -0.2) is 36.7 Å². The molecule has 0 fully saturated rings. The highest BCUT2D eigenvalue weighted by Crippen LogP contribution is 2.14. The second kappa shape index (κ2) is 7.46. The maximum atomic E-state index is 13.1. The molecule has 19 heavy (non-hydrogen) atoms. The molecule has 0 aliphatic carbocycles. The van der Waals surface area contributed by atoms with E-state index in [0.29, 0.717) is 18.5 Å². The van der Waals surface area contributed by atoms with Crippen molar-refractivity contribution >= 4 is 0 Å². The molecule has 0 bridgehead atoms. The van der Waals surface area contributed by atoms with Crippen LogP contribution in [0, 0.1) is 11.7 Å². The molecule has 0 radical (unpaired) electrons. The van der Waals surface area contributed by atoms with E-state index in [9.17, 15) is 9.50 Å². The Labute approximate surface area is 115 Å². The fraction of sp³-hybridized carbons (Fsp3) is 0.600. The zero-order chi connectivity index (χ0) is 14.4. The molecule has 1 aromatic rings. The molecule has 1 aromatic carbocycles. The molecule has 0 aliphatic rings. The van der Waals surface area contributed by atoms with Gasteiger partial charge in [0.25, 0.3) is 0 Å². The predicted octanol–water partition coefficient (Wildman–Crippen LogP) is 2.60. The van der Waals surface area contributed by atoms with Gasteiger partial charge in [-0.25, -0.2) is 4.39 Å². The number of nitrogens with zero attached hydrogens (tertiary/aromatic N) is 1. The molecule has 1 atom stereocenters. The number of likely N-dealkylation sites (N-methyl/N-ethyl adjacent to an activating group) is 1. The summed E-state index contributed by atoms with van der Waals surface area (Å²) in [5, 5.41) is 12.7. The van der Waals surface area contributed by atoms with Gasteiger partial charge in [0.15, 0.2) is 0 Å². The van der Waals surface area contributed by atoms with E-state index < -0.39 is 5.82 Å². The van der Waals surface area contributed by atoms with E-state index in [1.54, 1.807) is 6.07 Å². The minimum absolute atomic E-state index is 0.0249. The van der Waals surface area contributed by atoms with Crippen LogP contribution in [0.25, 0.3) is 0 Å². The molecule has 0 aromatic heterocycles. The van der Waals surface area contributed by atoms with Crippen LogP contribution in [0.5, 0.6) is 5.75 Å². The Bertz CT molecular complexity index is 373. The summed E-state index contributed by atoms with van der Waals surface area (Å²) in [6, 6.07) is 4.61. The molecule has 3 nitrogen and oxygen atoms in total. The molecule has 0 saturated heterocycles. The van der Waals surface area contributed by atoms with Crippen LogP contribution < -0.4 is 5.32 Å². The van der Waals surface area contributed by atoms with Crippen LogP contribution in [0.15, 0.2) is 18.2 Å². The summed E-state index contributed by atoms with van der Waals surface area (Å²) in [7, 11) is 4.14. The van der Waals surface area contributed by atoms with Crippen molar-refractivity contribution in [1.29, 1.82) is 0 Å². The number of phenols is 1. The quantitative estimate of drug-likeness (QED) is 0.798. The molecule has 0 heterocycles. The average Bonchev–Trinajstić information content (AvgIpc) is 2.25. The third-order valence-electron chi connectivity index (χ3n) is 3.13. The van der Waals surface area contributed by atoms with Gasteiger partial charge in [0.1, 0.15) is 11.6 Å². The van der Waals surface area contributed by atoms with Gasteiger partial charge < -0.3 is 15.3 Å². The maximum absolute atomic E-state index is 13.1. The van der Waals surface area contributed by atoms with Gasteiger partial charge in [0.05, 0.1) is 0 Å². The van der Waals surface area contributed by atoms with Crippen molar-refractivity contribution in [3.05, 3.63) is 29.6 Å². The van der Waals surface area contributed by atoms with Crippen molar-refractivity contribution in [3.63, 3.8) is 0 Å². The highest BCUT2D eigenvalue weighted by molar-refractivity contribution is 5.28. The number of benzene rings is 1. The number of aromatic hydroxyl groups is 1. The third kappa shape index (κ3) is 6.03. The number of nitrogens with one attached hydrogen (secondary N) is 1. The first-order valence-electron chi connectivity index (χ1n) is 6.74. The topological polar surface area (TPSA) is 35.5 Å². The van der Waals surface area contributed by atoms with E-state index in [2.05, 4.69) is 38.2 Å². The Hall–Kier alpha value is -1.13. The predicted molar refractivity (Wildman–Crippen MR) is 76.7 cm³/mol. The highest BCUT2D eigenvalue weighted by atomic mass is 19.1. The lowest BCUT2D eigenvalue weighted by atomic mass is 10.0. The van der Waals surface area contributed by atoms with Crippen LogP contribution in [-0.2, 0) is 6.54 Å². The summed E-state index contributed by atoms with van der Waals surface area (Å²) >= 11 is 0. The molecule has 4 heteroatoms. The fourth-order valence-electron chi connectivity index (χ4n) is 2.14. The van der Waals surface area contributed by atoms with Gasteiger partial charge in [-0.2, -0.15) is 0 Å². The Kier molecular flexibility index (Phi) is 6.25. The van der Waals surface area contributed by atoms with E-state index in [4.69, 9.17) is 0 Å². The smallest absolute Gasteiger partial charge is 0.127 e. The Morgan fingerprint density at radius 3 is 2.47 bits per heavy atom. The first kappa shape index (κ1) is 15.9. The largest absolute Gasteiger partial charge is 0.508 e. The van der Waals surface area contributed by atoms with Gasteiger partial charge >= 0.3 is 0 Å². The van der Waals surface area contributed by atoms with Crippen LogP contribution in [0.4, 0.5) is 4.39 Å². The number of rotatable bonds is 7. The number of phenolic OH excluding ortho intramolecular Hbond substituents is 1. The van der Waals surface area contributed by atoms with Gasteiger partial charge in [0, 0.05) is 25.2 Å². The second-order valence-electron chi connectivity index (χ2n) is 5.70. The van der Waals surface area contributed by atoms with Crippen molar-refractivity contribution in [2.24, 2.45) is 5.92 Å². The first-order valence-corrected chi connectivity index (χ1v) is 6.74. The monoisotopic (exact) mass is 268 g/mol. The second-order valence-corrected chi connectivity index (χ2v) is 5.70.